The summed E-state index contributed by atoms with van der Waals surface area (Å²) in [6, 6.07) is 0. The van der Waals surface area contributed by atoms with Crippen molar-refractivity contribution in [1.29, 1.82) is 0 Å². The van der Waals surface area contributed by atoms with Gasteiger partial charge in [0.1, 0.15) is 0 Å². The maximum absolute atomic E-state index is 8.98. The summed E-state index contributed by atoms with van der Waals surface area (Å²) in [5.41, 5.74) is 0. The molecule has 1 saturated heterocycles. The van der Waals surface area contributed by atoms with Gasteiger partial charge in [0.05, 0.1) is 6.10 Å². The largest absolute Gasteiger partial charge is 0.392 e. The van der Waals surface area contributed by atoms with E-state index in [2.05, 4.69) is 6.92 Å². The molecule has 0 saturated carbocycles. The quantitative estimate of drug-likeness (QED) is 0.506. The summed E-state index contributed by atoms with van der Waals surface area (Å²) in [7, 11) is 0. The molecule has 1 aliphatic heterocycles. The Labute approximate surface area is 48.1 Å². The number of thioether (sulfide) groups is 1. The van der Waals surface area contributed by atoms with Crippen molar-refractivity contribution in [3.05, 3.63) is 0 Å². The third-order valence-electron chi connectivity index (χ3n) is 1.33. The molecule has 0 aromatic rings. The fourth-order valence-electron chi connectivity index (χ4n) is 0.650. The number of hydrogen-bond acceptors (Lipinski definition) is 2. The number of aliphatic hydroxyl groups is 1. The average Bonchev–Trinajstić information content (AvgIpc) is 1.91. The van der Waals surface area contributed by atoms with Crippen molar-refractivity contribution in [1.82, 2.24) is 0 Å². The van der Waals surface area contributed by atoms with Crippen LogP contribution in [-0.4, -0.2) is 22.7 Å². The Morgan fingerprint density at radius 2 is 2.29 bits per heavy atom. The summed E-state index contributed by atoms with van der Waals surface area (Å²) in [6.07, 6.45) is -0.0231. The normalized spacial score (nSPS) is 42.0. The Morgan fingerprint density at radius 1 is 1.57 bits per heavy atom. The highest BCUT2D eigenvalue weighted by Crippen LogP contribution is 2.22. The topological polar surface area (TPSA) is 20.2 Å². The van der Waals surface area contributed by atoms with E-state index >= 15 is 0 Å². The van der Waals surface area contributed by atoms with Gasteiger partial charge in [-0.2, -0.15) is 11.8 Å². The molecule has 2 atom stereocenters. The minimum absolute atomic E-state index is 0.0231. The lowest BCUT2D eigenvalue weighted by atomic mass is 10.1. The predicted octanol–water partition coefficient (Wildman–Crippen LogP) is 0.730. The van der Waals surface area contributed by atoms with Gasteiger partial charge < -0.3 is 5.11 Å². The molecule has 1 rings (SSSR count). The Morgan fingerprint density at radius 3 is 2.43 bits per heavy atom. The smallest absolute Gasteiger partial charge is 0.0663 e. The van der Waals surface area contributed by atoms with Crippen molar-refractivity contribution in [2.45, 2.75) is 13.0 Å². The molecule has 7 heavy (non-hydrogen) atoms. The van der Waals surface area contributed by atoms with Crippen LogP contribution in [0.3, 0.4) is 0 Å². The van der Waals surface area contributed by atoms with E-state index in [-0.39, 0.29) is 6.10 Å². The second-order valence-electron chi connectivity index (χ2n) is 2.08. The minimum atomic E-state index is -0.0231. The first kappa shape index (κ1) is 5.45. The van der Waals surface area contributed by atoms with Gasteiger partial charge in [0.2, 0.25) is 0 Å². The summed E-state index contributed by atoms with van der Waals surface area (Å²) in [5.74, 6) is 2.62. The van der Waals surface area contributed by atoms with Crippen LogP contribution in [0.4, 0.5) is 0 Å². The molecule has 1 nitrogen and oxygen atoms in total. The Hall–Kier alpha value is 0.310. The monoisotopic (exact) mass is 118 g/mol. The third-order valence-corrected chi connectivity index (χ3v) is 2.66. The van der Waals surface area contributed by atoms with Crippen LogP contribution in [0.2, 0.25) is 0 Å². The van der Waals surface area contributed by atoms with Gasteiger partial charge in [-0.3, -0.25) is 0 Å². The van der Waals surface area contributed by atoms with Crippen LogP contribution in [0.1, 0.15) is 6.92 Å². The van der Waals surface area contributed by atoms with Gasteiger partial charge in [-0.1, -0.05) is 6.92 Å². The minimum Gasteiger partial charge on any atom is -0.392 e. The first-order valence-corrected chi connectivity index (χ1v) is 3.72. The molecule has 0 radical (unpaired) electrons. The van der Waals surface area contributed by atoms with E-state index in [4.69, 9.17) is 5.11 Å². The molecule has 2 unspecified atom stereocenters. The molecule has 0 spiro atoms. The number of aliphatic hydroxyl groups excluding tert-OH is 1. The zero-order valence-corrected chi connectivity index (χ0v) is 5.24. The van der Waals surface area contributed by atoms with Gasteiger partial charge in [0.15, 0.2) is 0 Å². The summed E-state index contributed by atoms with van der Waals surface area (Å²) >= 11 is 1.84. The van der Waals surface area contributed by atoms with Crippen molar-refractivity contribution in [2.24, 2.45) is 5.92 Å². The first-order chi connectivity index (χ1) is 3.30. The molecular weight excluding hydrogens is 108 g/mol. The molecule has 42 valence electrons. The average molecular weight is 118 g/mol. The maximum atomic E-state index is 8.98. The molecule has 0 aromatic carbocycles. The zero-order chi connectivity index (χ0) is 5.28. The molecule has 1 N–H and O–H groups in total. The Bertz CT molecular complexity index is 57.1. The Balaban J connectivity index is 2.33. The van der Waals surface area contributed by atoms with E-state index in [0.717, 1.165) is 11.5 Å². The van der Waals surface area contributed by atoms with E-state index in [9.17, 15) is 0 Å². The number of hydrogen-bond donors (Lipinski definition) is 1. The van der Waals surface area contributed by atoms with Crippen LogP contribution in [0.15, 0.2) is 0 Å². The van der Waals surface area contributed by atoms with Gasteiger partial charge >= 0.3 is 0 Å². The summed E-state index contributed by atoms with van der Waals surface area (Å²) < 4.78 is 0. The fourth-order valence-corrected chi connectivity index (χ4v) is 1.95. The van der Waals surface area contributed by atoms with Gasteiger partial charge in [0.25, 0.3) is 0 Å². The van der Waals surface area contributed by atoms with Crippen molar-refractivity contribution in [2.75, 3.05) is 11.5 Å². The second-order valence-corrected chi connectivity index (χ2v) is 3.16. The highest BCUT2D eigenvalue weighted by Gasteiger charge is 2.20. The van der Waals surface area contributed by atoms with Crippen LogP contribution in [0, 0.1) is 5.92 Å². The predicted molar refractivity (Wildman–Crippen MR) is 32.5 cm³/mol. The highest BCUT2D eigenvalue weighted by atomic mass is 32.2. The fraction of sp³-hybridized carbons (Fsp3) is 1.00. The molecule has 1 aliphatic rings. The summed E-state index contributed by atoms with van der Waals surface area (Å²) in [4.78, 5) is 0. The van der Waals surface area contributed by atoms with E-state index in [1.807, 2.05) is 11.8 Å². The first-order valence-electron chi connectivity index (χ1n) is 2.56. The van der Waals surface area contributed by atoms with E-state index in [0.29, 0.717) is 5.92 Å². The lowest BCUT2D eigenvalue weighted by Gasteiger charge is -2.02. The summed E-state index contributed by atoms with van der Waals surface area (Å²) in [5, 5.41) is 8.98. The SMILES string of the molecule is CC1CSCC1O. The lowest BCUT2D eigenvalue weighted by molar-refractivity contribution is 0.159. The molecule has 2 heteroatoms. The molecule has 0 bridgehead atoms. The van der Waals surface area contributed by atoms with Crippen molar-refractivity contribution in [3.8, 4) is 0 Å². The van der Waals surface area contributed by atoms with E-state index in [1.54, 1.807) is 0 Å². The van der Waals surface area contributed by atoms with Crippen LogP contribution < -0.4 is 0 Å². The van der Waals surface area contributed by atoms with Gasteiger partial charge in [0, 0.05) is 5.75 Å². The molecule has 0 amide bonds. The molecule has 0 aromatic heterocycles. The maximum Gasteiger partial charge on any atom is 0.0663 e. The van der Waals surface area contributed by atoms with Crippen molar-refractivity contribution < 1.29 is 5.11 Å². The Kier molecular flexibility index (Phi) is 1.60. The van der Waals surface area contributed by atoms with E-state index < -0.39 is 0 Å². The number of rotatable bonds is 0. The standard InChI is InChI=1S/C5H10OS/c1-4-2-7-3-5(4)6/h4-6H,2-3H2,1H3. The van der Waals surface area contributed by atoms with Crippen LogP contribution in [0.5, 0.6) is 0 Å². The van der Waals surface area contributed by atoms with Crippen LogP contribution >= 0.6 is 11.8 Å². The highest BCUT2D eigenvalue weighted by molar-refractivity contribution is 7.99. The third kappa shape index (κ3) is 1.10. The molecular formula is C5H10OS. The molecule has 1 heterocycles. The van der Waals surface area contributed by atoms with Crippen molar-refractivity contribution >= 4 is 11.8 Å². The zero-order valence-electron chi connectivity index (χ0n) is 4.42. The van der Waals surface area contributed by atoms with Gasteiger partial charge in [-0.25, -0.2) is 0 Å². The lowest BCUT2D eigenvalue weighted by Crippen LogP contribution is -2.13. The molecule has 0 aliphatic carbocycles. The van der Waals surface area contributed by atoms with Crippen molar-refractivity contribution in [3.63, 3.8) is 0 Å². The van der Waals surface area contributed by atoms with Crippen LogP contribution in [-0.2, 0) is 0 Å². The summed E-state index contributed by atoms with van der Waals surface area (Å²) in [6.45, 7) is 2.09. The van der Waals surface area contributed by atoms with Gasteiger partial charge in [-0.05, 0) is 11.7 Å². The second kappa shape index (κ2) is 2.05. The van der Waals surface area contributed by atoms with Crippen LogP contribution in [0.25, 0.3) is 0 Å². The molecule has 1 fully saturated rings. The van der Waals surface area contributed by atoms with Gasteiger partial charge in [-0.15, -0.1) is 0 Å². The van der Waals surface area contributed by atoms with E-state index in [1.165, 1.54) is 0 Å².